The van der Waals surface area contributed by atoms with Crippen LogP contribution in [0.2, 0.25) is 0 Å². The Kier molecular flexibility index (Phi) is 12.8. The lowest BCUT2D eigenvalue weighted by Gasteiger charge is -2.70. The van der Waals surface area contributed by atoms with E-state index in [1.165, 1.54) is 6.92 Å². The number of aliphatic hydroxyl groups excluding tert-OH is 1. The molecule has 0 radical (unpaired) electrons. The third-order valence-corrected chi connectivity index (χ3v) is 15.0. The molecule has 4 fully saturated rings. The van der Waals surface area contributed by atoms with E-state index in [0.717, 1.165) is 0 Å². The van der Waals surface area contributed by atoms with Crippen molar-refractivity contribution in [3.8, 4) is 5.75 Å². The van der Waals surface area contributed by atoms with Gasteiger partial charge in [-0.15, -0.1) is 0 Å². The summed E-state index contributed by atoms with van der Waals surface area (Å²) < 4.78 is 44.7. The van der Waals surface area contributed by atoms with Gasteiger partial charge in [0, 0.05) is 47.6 Å². The normalized spacial score (nSPS) is 33.9. The first-order valence-corrected chi connectivity index (χ1v) is 22.6. The summed E-state index contributed by atoms with van der Waals surface area (Å²) in [6, 6.07) is 22.7. The molecule has 1 unspecified atom stereocenters. The number of hydrogen-bond acceptors (Lipinski definition) is 14. The van der Waals surface area contributed by atoms with Crippen molar-refractivity contribution >= 4 is 23.8 Å². The zero-order chi connectivity index (χ0) is 47.5. The highest BCUT2D eigenvalue weighted by Crippen LogP contribution is 2.67. The van der Waals surface area contributed by atoms with Gasteiger partial charge in [0.05, 0.1) is 37.5 Å². The molecule has 3 aromatic carbocycles. The lowest BCUT2D eigenvalue weighted by Crippen LogP contribution is -2.83. The van der Waals surface area contributed by atoms with Crippen LogP contribution in [0.15, 0.2) is 96.1 Å². The Morgan fingerprint density at radius 1 is 0.848 bits per heavy atom. The minimum absolute atomic E-state index is 0.0651. The molecule has 5 aliphatic rings. The quantitative estimate of drug-likeness (QED) is 0.102. The van der Waals surface area contributed by atoms with E-state index >= 15 is 0 Å². The molecular weight excluding hydrogens is 851 g/mol. The molecule has 15 heteroatoms. The van der Waals surface area contributed by atoms with Gasteiger partial charge in [-0.1, -0.05) is 83.1 Å². The minimum Gasteiger partial charge on any atom is -0.497 e. The number of ether oxygens (including phenoxy) is 7. The summed E-state index contributed by atoms with van der Waals surface area (Å²) in [6.45, 7) is 11.9. The van der Waals surface area contributed by atoms with E-state index in [4.69, 9.17) is 33.2 Å². The van der Waals surface area contributed by atoms with Crippen LogP contribution in [0.3, 0.4) is 0 Å². The highest BCUT2D eigenvalue weighted by molar-refractivity contribution is 5.94. The molecule has 66 heavy (non-hydrogen) atoms. The van der Waals surface area contributed by atoms with Crippen LogP contribution in [0.1, 0.15) is 100 Å². The van der Waals surface area contributed by atoms with E-state index in [0.29, 0.717) is 28.0 Å². The lowest BCUT2D eigenvalue weighted by molar-refractivity contribution is -0.413. The molecule has 1 amide bonds. The highest BCUT2D eigenvalue weighted by atomic mass is 16.7. The zero-order valence-corrected chi connectivity index (χ0v) is 38.6. The van der Waals surface area contributed by atoms with Crippen molar-refractivity contribution in [1.29, 1.82) is 0 Å². The second kappa shape index (κ2) is 17.8. The van der Waals surface area contributed by atoms with Gasteiger partial charge in [0.1, 0.15) is 35.3 Å². The zero-order valence-electron chi connectivity index (χ0n) is 38.6. The van der Waals surface area contributed by atoms with Gasteiger partial charge in [-0.3, -0.25) is 9.59 Å². The fourth-order valence-electron chi connectivity index (χ4n) is 11.5. The Labute approximate surface area is 384 Å². The fourth-order valence-corrected chi connectivity index (χ4v) is 11.5. The van der Waals surface area contributed by atoms with Crippen molar-refractivity contribution in [2.75, 3.05) is 13.7 Å². The van der Waals surface area contributed by atoms with E-state index in [-0.39, 0.29) is 30.9 Å². The van der Waals surface area contributed by atoms with Crippen LogP contribution in [-0.2, 0) is 38.0 Å². The van der Waals surface area contributed by atoms with Crippen molar-refractivity contribution in [2.45, 2.75) is 134 Å². The van der Waals surface area contributed by atoms with Gasteiger partial charge in [-0.2, -0.15) is 0 Å². The predicted molar refractivity (Wildman–Crippen MR) is 237 cm³/mol. The first-order valence-electron chi connectivity index (χ1n) is 22.6. The summed E-state index contributed by atoms with van der Waals surface area (Å²) in [4.78, 5) is 55.7. The SMILES string of the molecule is COc1ccc(C2O[C@H]3C[C@H]4OC[C@@]4(O)[C@H]4[C@H](OC(=O)c5ccccc5)[C@]5(O)C[C@H](OC(=O)[C@H](O)[C@H](CC(C)C)NC(=O)c6ccccc6)C(C)=C([C@H](OC(C)=O)[C@H](O2)[C@]34C)C5(C)C)cc1. The van der Waals surface area contributed by atoms with Gasteiger partial charge in [-0.05, 0) is 66.8 Å². The second-order valence-electron chi connectivity index (χ2n) is 19.7. The summed E-state index contributed by atoms with van der Waals surface area (Å²) in [5, 5.41) is 41.5. The number of rotatable bonds is 12. The number of nitrogens with one attached hydrogen (secondary N) is 1. The summed E-state index contributed by atoms with van der Waals surface area (Å²) in [7, 11) is 1.55. The summed E-state index contributed by atoms with van der Waals surface area (Å²) in [6.07, 6.45) is -9.91. The van der Waals surface area contributed by atoms with E-state index < -0.39 is 113 Å². The number of aliphatic hydroxyl groups is 3. The molecule has 13 atom stereocenters. The van der Waals surface area contributed by atoms with Crippen molar-refractivity contribution < 1.29 is 67.7 Å². The Morgan fingerprint density at radius 3 is 2.06 bits per heavy atom. The van der Waals surface area contributed by atoms with Crippen LogP contribution in [0.25, 0.3) is 0 Å². The third kappa shape index (κ3) is 8.00. The second-order valence-corrected chi connectivity index (χ2v) is 19.7. The van der Waals surface area contributed by atoms with Crippen molar-refractivity contribution in [3.05, 3.63) is 113 Å². The number of benzene rings is 3. The topological polar surface area (TPSA) is 206 Å². The van der Waals surface area contributed by atoms with Gasteiger partial charge in [0.15, 0.2) is 18.5 Å². The lowest BCUT2D eigenvalue weighted by atomic mass is 9.44. The monoisotopic (exact) mass is 911 g/mol. The van der Waals surface area contributed by atoms with Crippen LogP contribution in [0.4, 0.5) is 0 Å². The Morgan fingerprint density at radius 2 is 1.48 bits per heavy atom. The van der Waals surface area contributed by atoms with Gasteiger partial charge in [0.2, 0.25) is 0 Å². The molecule has 3 aromatic rings. The molecule has 354 valence electrons. The first kappa shape index (κ1) is 47.3. The van der Waals surface area contributed by atoms with Gasteiger partial charge >= 0.3 is 17.9 Å². The molecule has 2 aliphatic heterocycles. The number of methoxy groups -OCH3 is 1. The number of fused-ring (bicyclic) bond motifs is 4. The Hall–Kier alpha value is -5.16. The molecule has 2 saturated heterocycles. The van der Waals surface area contributed by atoms with E-state index in [1.807, 2.05) is 20.8 Å². The van der Waals surface area contributed by atoms with Crippen LogP contribution >= 0.6 is 0 Å². The number of amides is 1. The summed E-state index contributed by atoms with van der Waals surface area (Å²) >= 11 is 0. The van der Waals surface area contributed by atoms with Gasteiger partial charge in [-0.25, -0.2) is 9.59 Å². The maximum atomic E-state index is 14.5. The van der Waals surface area contributed by atoms with Gasteiger partial charge in [0.25, 0.3) is 5.91 Å². The Balaban J connectivity index is 1.29. The molecule has 15 nitrogen and oxygen atoms in total. The van der Waals surface area contributed by atoms with E-state index in [2.05, 4.69) is 5.32 Å². The number of carbonyl (C=O) groups is 4. The summed E-state index contributed by atoms with van der Waals surface area (Å²) in [5.41, 5.74) is -4.96. The average molecular weight is 912 g/mol. The number of esters is 3. The van der Waals surface area contributed by atoms with Crippen LogP contribution in [0.5, 0.6) is 5.75 Å². The first-order chi connectivity index (χ1) is 31.2. The minimum atomic E-state index is -2.21. The van der Waals surface area contributed by atoms with E-state index in [1.54, 1.807) is 113 Å². The number of hydrogen-bond donors (Lipinski definition) is 4. The molecule has 2 saturated carbocycles. The van der Waals surface area contributed by atoms with Gasteiger partial charge < -0.3 is 53.8 Å². The predicted octanol–water partition coefficient (Wildman–Crippen LogP) is 5.40. The molecule has 2 bridgehead atoms. The molecule has 3 aliphatic carbocycles. The largest absolute Gasteiger partial charge is 0.497 e. The number of carbonyl (C=O) groups excluding carboxylic acids is 4. The third-order valence-electron chi connectivity index (χ3n) is 15.0. The molecule has 4 N–H and O–H groups in total. The molecular formula is C51H61NO14. The molecule has 0 aromatic heterocycles. The molecule has 2 heterocycles. The van der Waals surface area contributed by atoms with Crippen LogP contribution in [0, 0.1) is 22.7 Å². The van der Waals surface area contributed by atoms with Crippen molar-refractivity contribution in [2.24, 2.45) is 22.7 Å². The van der Waals surface area contributed by atoms with Crippen molar-refractivity contribution in [3.63, 3.8) is 0 Å². The van der Waals surface area contributed by atoms with E-state index in [9.17, 15) is 34.5 Å². The smallest absolute Gasteiger partial charge is 0.338 e. The highest BCUT2D eigenvalue weighted by Gasteiger charge is 2.78. The average Bonchev–Trinajstić information content (AvgIpc) is 3.28. The molecule has 0 spiro atoms. The summed E-state index contributed by atoms with van der Waals surface area (Å²) in [5.74, 6) is -3.74. The molecule has 8 rings (SSSR count). The Bertz CT molecular complexity index is 2340. The maximum Gasteiger partial charge on any atom is 0.338 e. The fraction of sp³-hybridized carbons (Fsp3) is 0.529. The van der Waals surface area contributed by atoms with Crippen molar-refractivity contribution in [1.82, 2.24) is 5.32 Å². The standard InChI is InChI=1S/C51H61NO14/c1-27(2)23-34(52-44(55)30-15-11-9-12-16-30)39(54)46(57)63-35-25-51(59)43(65-45(56)31-17-13-10-14-18-31)41-49(7)36(24-37-50(41,58)26-61-37)64-47(32-19-21-33(60-8)22-20-32)66-42(49)40(62-29(4)53)38(28(35)3)48(51,5)6/h9-22,27,34-37,39-43,47,54,58-59H,23-26H2,1-8H3,(H,52,55)/t34-,35-,36-,37+,39+,40-,41-,42-,43-,47?,49+,50-,51+/m0/s1. The van der Waals surface area contributed by atoms with Crippen LogP contribution < -0.4 is 10.1 Å². The van der Waals surface area contributed by atoms with Crippen LogP contribution in [-0.4, -0.2) is 113 Å². The maximum absolute atomic E-state index is 14.5.